The number of carbonyl (C=O) groups excluding carboxylic acids is 1. The summed E-state index contributed by atoms with van der Waals surface area (Å²) in [6.45, 7) is 0.534. The van der Waals surface area contributed by atoms with E-state index >= 15 is 0 Å². The lowest BCUT2D eigenvalue weighted by molar-refractivity contribution is 0.0977. The molecule has 8 heteroatoms. The molecular weight excluding hydrogens is 500 g/mol. The van der Waals surface area contributed by atoms with Crippen LogP contribution in [-0.4, -0.2) is 24.7 Å². The maximum absolute atomic E-state index is 12.5. The van der Waals surface area contributed by atoms with Crippen molar-refractivity contribution in [3.05, 3.63) is 87.4 Å². The molecule has 0 aromatic heterocycles. The van der Waals surface area contributed by atoms with Crippen LogP contribution < -0.4 is 20.1 Å². The highest BCUT2D eigenvalue weighted by molar-refractivity contribution is 9.10. The molecule has 5 nitrogen and oxygen atoms in total. The highest BCUT2D eigenvalue weighted by Gasteiger charge is 2.12. The lowest BCUT2D eigenvalue weighted by atomic mass is 10.2. The second-order valence-electron chi connectivity index (χ2n) is 6.49. The van der Waals surface area contributed by atoms with Crippen LogP contribution in [0.15, 0.2) is 71.2 Å². The summed E-state index contributed by atoms with van der Waals surface area (Å²) in [5.41, 5.74) is 2.28. The van der Waals surface area contributed by atoms with Crippen LogP contribution in [-0.2, 0) is 6.42 Å². The summed E-state index contributed by atoms with van der Waals surface area (Å²) < 4.78 is 11.6. The lowest BCUT2D eigenvalue weighted by Crippen LogP contribution is -2.34. The monoisotopic (exact) mass is 518 g/mol. The van der Waals surface area contributed by atoms with Crippen LogP contribution in [0.5, 0.6) is 11.5 Å². The number of thiocarbonyl (C=S) groups is 1. The third-order valence-electron chi connectivity index (χ3n) is 4.32. The highest BCUT2D eigenvalue weighted by Crippen LogP contribution is 2.28. The molecule has 0 aliphatic heterocycles. The van der Waals surface area contributed by atoms with Gasteiger partial charge in [0.05, 0.1) is 23.2 Å². The molecule has 31 heavy (non-hydrogen) atoms. The van der Waals surface area contributed by atoms with E-state index in [1.54, 1.807) is 36.4 Å². The Morgan fingerprint density at radius 3 is 2.48 bits per heavy atom. The molecule has 0 radical (unpaired) electrons. The van der Waals surface area contributed by atoms with E-state index in [9.17, 15) is 4.79 Å². The van der Waals surface area contributed by atoms with Gasteiger partial charge in [-0.1, -0.05) is 41.9 Å². The highest BCUT2D eigenvalue weighted by atomic mass is 79.9. The number of hydrogen-bond acceptors (Lipinski definition) is 4. The Balaban J connectivity index is 1.54. The summed E-state index contributed by atoms with van der Waals surface area (Å²) in [5, 5.41) is 6.17. The van der Waals surface area contributed by atoms with E-state index in [0.29, 0.717) is 38.9 Å². The Morgan fingerprint density at radius 1 is 1.06 bits per heavy atom. The first kappa shape index (κ1) is 23.1. The van der Waals surface area contributed by atoms with Crippen LogP contribution in [0.25, 0.3) is 0 Å². The average Bonchev–Trinajstić information content (AvgIpc) is 2.75. The minimum absolute atomic E-state index is 0.158. The largest absolute Gasteiger partial charge is 0.495 e. The van der Waals surface area contributed by atoms with Crippen LogP contribution in [0.1, 0.15) is 15.9 Å². The standard InChI is InChI=1S/C23H20BrClN2O3S/c1-29-21-10-8-17(14-19(21)25)26-23(31)27-22(28)16-7-9-20(18(24)13-16)30-12-11-15-5-3-2-4-6-15/h2-10,13-14H,11-12H2,1H3,(H2,26,27,28,31). The van der Waals surface area contributed by atoms with Gasteiger partial charge in [0.2, 0.25) is 0 Å². The first-order chi connectivity index (χ1) is 15.0. The molecule has 3 aromatic rings. The molecule has 0 unspecified atom stereocenters. The van der Waals surface area contributed by atoms with Gasteiger partial charge < -0.3 is 14.8 Å². The van der Waals surface area contributed by atoms with Crippen molar-refractivity contribution in [1.82, 2.24) is 5.32 Å². The van der Waals surface area contributed by atoms with Crippen molar-refractivity contribution >= 4 is 56.5 Å². The smallest absolute Gasteiger partial charge is 0.257 e. The molecule has 160 valence electrons. The predicted molar refractivity (Wildman–Crippen MR) is 131 cm³/mol. The molecule has 0 aliphatic carbocycles. The van der Waals surface area contributed by atoms with Crippen molar-refractivity contribution in [2.75, 3.05) is 19.0 Å². The third kappa shape index (κ3) is 6.69. The zero-order valence-electron chi connectivity index (χ0n) is 16.7. The number of anilines is 1. The second kappa shape index (κ2) is 11.1. The van der Waals surface area contributed by atoms with E-state index in [4.69, 9.17) is 33.3 Å². The maximum Gasteiger partial charge on any atom is 0.257 e. The molecule has 0 spiro atoms. The first-order valence-corrected chi connectivity index (χ1v) is 11.0. The minimum Gasteiger partial charge on any atom is -0.495 e. The summed E-state index contributed by atoms with van der Waals surface area (Å²) in [6.07, 6.45) is 0.796. The number of nitrogens with one attached hydrogen (secondary N) is 2. The molecule has 0 bridgehead atoms. The van der Waals surface area contributed by atoms with E-state index in [-0.39, 0.29) is 11.0 Å². The zero-order chi connectivity index (χ0) is 22.2. The Labute approximate surface area is 199 Å². The molecule has 0 atom stereocenters. The Bertz CT molecular complexity index is 1080. The first-order valence-electron chi connectivity index (χ1n) is 9.38. The normalized spacial score (nSPS) is 10.3. The average molecular weight is 520 g/mol. The number of methoxy groups -OCH3 is 1. The topological polar surface area (TPSA) is 59.6 Å². The van der Waals surface area contributed by atoms with Crippen LogP contribution in [0.3, 0.4) is 0 Å². The SMILES string of the molecule is COc1ccc(NC(=S)NC(=O)c2ccc(OCCc3ccccc3)c(Br)c2)cc1Cl. The van der Waals surface area contributed by atoms with Crippen molar-refractivity contribution in [1.29, 1.82) is 0 Å². The summed E-state index contributed by atoms with van der Waals surface area (Å²) >= 11 is 14.8. The number of ether oxygens (including phenoxy) is 2. The molecule has 1 amide bonds. The summed E-state index contributed by atoms with van der Waals surface area (Å²) in [7, 11) is 1.54. The molecule has 0 heterocycles. The fourth-order valence-corrected chi connectivity index (χ4v) is 3.73. The fourth-order valence-electron chi connectivity index (χ4n) is 2.76. The molecular formula is C23H20BrClN2O3S. The van der Waals surface area contributed by atoms with Gasteiger partial charge in [0, 0.05) is 17.7 Å². The van der Waals surface area contributed by atoms with Gasteiger partial charge in [-0.15, -0.1) is 0 Å². The Morgan fingerprint density at radius 2 is 1.81 bits per heavy atom. The summed E-state index contributed by atoms with van der Waals surface area (Å²) in [4.78, 5) is 12.5. The Kier molecular flexibility index (Phi) is 8.28. The van der Waals surface area contributed by atoms with Crippen molar-refractivity contribution in [3.63, 3.8) is 0 Å². The van der Waals surface area contributed by atoms with E-state index in [1.807, 2.05) is 18.2 Å². The van der Waals surface area contributed by atoms with Gasteiger partial charge in [-0.25, -0.2) is 0 Å². The molecule has 3 aromatic carbocycles. The maximum atomic E-state index is 12.5. The van der Waals surface area contributed by atoms with Gasteiger partial charge in [0.15, 0.2) is 5.11 Å². The zero-order valence-corrected chi connectivity index (χ0v) is 19.8. The second-order valence-corrected chi connectivity index (χ2v) is 8.16. The minimum atomic E-state index is -0.339. The number of halogens is 2. The van der Waals surface area contributed by atoms with Crippen molar-refractivity contribution in [2.45, 2.75) is 6.42 Å². The molecule has 3 rings (SSSR count). The third-order valence-corrected chi connectivity index (χ3v) is 5.44. The number of rotatable bonds is 7. The molecule has 0 fully saturated rings. The Hall–Kier alpha value is -2.61. The van der Waals surface area contributed by atoms with Crippen molar-refractivity contribution in [3.8, 4) is 11.5 Å². The van der Waals surface area contributed by atoms with Gasteiger partial charge in [-0.05, 0) is 70.1 Å². The van der Waals surface area contributed by atoms with E-state index < -0.39 is 0 Å². The number of benzene rings is 3. The van der Waals surface area contributed by atoms with Crippen molar-refractivity contribution in [2.24, 2.45) is 0 Å². The van der Waals surface area contributed by atoms with Gasteiger partial charge in [-0.3, -0.25) is 10.1 Å². The fraction of sp³-hybridized carbons (Fsp3) is 0.130. The van der Waals surface area contributed by atoms with Crippen LogP contribution in [0, 0.1) is 0 Å². The lowest BCUT2D eigenvalue weighted by Gasteiger charge is -2.12. The number of hydrogen-bond donors (Lipinski definition) is 2. The quantitative estimate of drug-likeness (QED) is 0.383. The number of carbonyl (C=O) groups is 1. The predicted octanol–water partition coefficient (Wildman–Crippen LogP) is 5.86. The van der Waals surface area contributed by atoms with E-state index in [0.717, 1.165) is 6.42 Å². The molecule has 0 saturated carbocycles. The van der Waals surface area contributed by atoms with Gasteiger partial charge in [0.25, 0.3) is 5.91 Å². The summed E-state index contributed by atoms with van der Waals surface area (Å²) in [6, 6.07) is 20.4. The molecule has 2 N–H and O–H groups in total. The van der Waals surface area contributed by atoms with Crippen LogP contribution in [0.2, 0.25) is 5.02 Å². The molecule has 0 aliphatic rings. The number of amides is 1. The van der Waals surface area contributed by atoms with Crippen molar-refractivity contribution < 1.29 is 14.3 Å². The van der Waals surface area contributed by atoms with Gasteiger partial charge in [0.1, 0.15) is 11.5 Å². The van der Waals surface area contributed by atoms with E-state index in [1.165, 1.54) is 12.7 Å². The molecule has 0 saturated heterocycles. The van der Waals surface area contributed by atoms with E-state index in [2.05, 4.69) is 38.7 Å². The van der Waals surface area contributed by atoms with Gasteiger partial charge in [-0.2, -0.15) is 0 Å². The van der Waals surface area contributed by atoms with Crippen LogP contribution >= 0.6 is 39.7 Å². The van der Waals surface area contributed by atoms with Gasteiger partial charge >= 0.3 is 0 Å². The van der Waals surface area contributed by atoms with Crippen LogP contribution in [0.4, 0.5) is 5.69 Å². The summed E-state index contributed by atoms with van der Waals surface area (Å²) in [5.74, 6) is 0.882.